The molecule has 0 aliphatic rings. The zero-order chi connectivity index (χ0) is 13.5. The first kappa shape index (κ1) is 15.9. The van der Waals surface area contributed by atoms with Gasteiger partial charge in [-0.05, 0) is 34.1 Å². The minimum Gasteiger partial charge on any atom is -0.347 e. The highest BCUT2D eigenvalue weighted by atomic mass is 16.2. The Morgan fingerprint density at radius 2 is 1.76 bits per heavy atom. The summed E-state index contributed by atoms with van der Waals surface area (Å²) in [6.07, 6.45) is 0.966. The van der Waals surface area contributed by atoms with Crippen LogP contribution in [0.5, 0.6) is 0 Å². The van der Waals surface area contributed by atoms with Crippen LogP contribution in [0.1, 0.15) is 40.5 Å². The standard InChI is InChI=1S/C12H25N3O2/c1-5-15(6-2)11(17)9-14-10(16)7-8-12(3,4)13/h5-9,13H2,1-4H3,(H,14,16). The Morgan fingerprint density at radius 3 is 2.18 bits per heavy atom. The van der Waals surface area contributed by atoms with E-state index >= 15 is 0 Å². The molecule has 0 radical (unpaired) electrons. The van der Waals surface area contributed by atoms with Gasteiger partial charge in [0.1, 0.15) is 0 Å². The van der Waals surface area contributed by atoms with Crippen molar-refractivity contribution in [2.24, 2.45) is 5.73 Å². The first-order chi connectivity index (χ1) is 7.80. The summed E-state index contributed by atoms with van der Waals surface area (Å²) in [4.78, 5) is 24.7. The minimum atomic E-state index is -0.347. The summed E-state index contributed by atoms with van der Waals surface area (Å²) in [7, 11) is 0. The molecule has 0 saturated carbocycles. The summed E-state index contributed by atoms with van der Waals surface area (Å²) in [6.45, 7) is 9.00. The van der Waals surface area contributed by atoms with Crippen LogP contribution in [-0.2, 0) is 9.59 Å². The number of likely N-dealkylation sites (N-methyl/N-ethyl adjacent to an activating group) is 1. The Kier molecular flexibility index (Phi) is 6.80. The third kappa shape index (κ3) is 7.74. The van der Waals surface area contributed by atoms with Crippen LogP contribution >= 0.6 is 0 Å². The molecule has 0 spiro atoms. The van der Waals surface area contributed by atoms with Crippen molar-refractivity contribution in [1.29, 1.82) is 0 Å². The molecule has 5 heteroatoms. The van der Waals surface area contributed by atoms with E-state index in [1.165, 1.54) is 0 Å². The number of nitrogens with zero attached hydrogens (tertiary/aromatic N) is 1. The maximum Gasteiger partial charge on any atom is 0.241 e. The summed E-state index contributed by atoms with van der Waals surface area (Å²) in [5, 5.41) is 2.62. The van der Waals surface area contributed by atoms with Crippen LogP contribution in [-0.4, -0.2) is 41.9 Å². The molecule has 100 valence electrons. The highest BCUT2D eigenvalue weighted by Gasteiger charge is 2.14. The number of amides is 2. The van der Waals surface area contributed by atoms with Crippen molar-refractivity contribution < 1.29 is 9.59 Å². The smallest absolute Gasteiger partial charge is 0.241 e. The number of rotatable bonds is 7. The van der Waals surface area contributed by atoms with Gasteiger partial charge in [-0.25, -0.2) is 0 Å². The topological polar surface area (TPSA) is 75.4 Å². The molecular weight excluding hydrogens is 218 g/mol. The molecule has 0 saturated heterocycles. The molecule has 0 aromatic heterocycles. The summed E-state index contributed by atoms with van der Waals surface area (Å²) in [6, 6.07) is 0. The average Bonchev–Trinajstić information content (AvgIpc) is 2.24. The zero-order valence-corrected chi connectivity index (χ0v) is 11.4. The summed E-state index contributed by atoms with van der Waals surface area (Å²) < 4.78 is 0. The molecule has 0 bridgehead atoms. The SMILES string of the molecule is CCN(CC)C(=O)CNC(=O)CCC(C)(C)N. The van der Waals surface area contributed by atoms with E-state index < -0.39 is 0 Å². The fraction of sp³-hybridized carbons (Fsp3) is 0.833. The van der Waals surface area contributed by atoms with Crippen molar-refractivity contribution in [3.8, 4) is 0 Å². The third-order valence-electron chi connectivity index (χ3n) is 2.55. The molecule has 3 N–H and O–H groups in total. The van der Waals surface area contributed by atoms with Gasteiger partial charge < -0.3 is 16.0 Å². The zero-order valence-electron chi connectivity index (χ0n) is 11.4. The molecule has 0 rings (SSSR count). The largest absolute Gasteiger partial charge is 0.347 e. The van der Waals surface area contributed by atoms with Gasteiger partial charge in [0, 0.05) is 25.0 Å². The lowest BCUT2D eigenvalue weighted by Gasteiger charge is -2.20. The van der Waals surface area contributed by atoms with E-state index in [4.69, 9.17) is 5.73 Å². The Morgan fingerprint density at radius 1 is 1.24 bits per heavy atom. The second kappa shape index (κ2) is 7.27. The number of hydrogen-bond donors (Lipinski definition) is 2. The van der Waals surface area contributed by atoms with Crippen molar-refractivity contribution in [3.63, 3.8) is 0 Å². The fourth-order valence-electron chi connectivity index (χ4n) is 1.39. The van der Waals surface area contributed by atoms with Crippen LogP contribution in [0.3, 0.4) is 0 Å². The van der Waals surface area contributed by atoms with Gasteiger partial charge in [0.2, 0.25) is 11.8 Å². The van der Waals surface area contributed by atoms with Crippen molar-refractivity contribution >= 4 is 11.8 Å². The summed E-state index contributed by atoms with van der Waals surface area (Å²) in [5.74, 6) is -0.167. The highest BCUT2D eigenvalue weighted by Crippen LogP contribution is 2.06. The lowest BCUT2D eigenvalue weighted by atomic mass is 10.00. The van der Waals surface area contributed by atoms with Gasteiger partial charge >= 0.3 is 0 Å². The molecule has 0 atom stereocenters. The van der Waals surface area contributed by atoms with Crippen LogP contribution in [0.4, 0.5) is 0 Å². The molecule has 0 aromatic rings. The molecule has 17 heavy (non-hydrogen) atoms. The van der Waals surface area contributed by atoms with Crippen LogP contribution < -0.4 is 11.1 Å². The second-order valence-corrected chi connectivity index (χ2v) is 4.83. The minimum absolute atomic E-state index is 0.0460. The van der Waals surface area contributed by atoms with Gasteiger partial charge in [-0.2, -0.15) is 0 Å². The normalized spacial score (nSPS) is 11.1. The van der Waals surface area contributed by atoms with E-state index in [1.807, 2.05) is 27.7 Å². The number of hydrogen-bond acceptors (Lipinski definition) is 3. The van der Waals surface area contributed by atoms with Crippen molar-refractivity contribution in [2.75, 3.05) is 19.6 Å². The third-order valence-corrected chi connectivity index (χ3v) is 2.55. The second-order valence-electron chi connectivity index (χ2n) is 4.83. The maximum absolute atomic E-state index is 11.6. The van der Waals surface area contributed by atoms with Gasteiger partial charge in [0.15, 0.2) is 0 Å². The van der Waals surface area contributed by atoms with Gasteiger partial charge in [0.05, 0.1) is 6.54 Å². The van der Waals surface area contributed by atoms with Gasteiger partial charge in [0.25, 0.3) is 0 Å². The van der Waals surface area contributed by atoms with E-state index in [0.29, 0.717) is 25.9 Å². The molecule has 0 heterocycles. The van der Waals surface area contributed by atoms with E-state index in [0.717, 1.165) is 0 Å². The Hall–Kier alpha value is -1.10. The monoisotopic (exact) mass is 243 g/mol. The molecule has 2 amide bonds. The lowest BCUT2D eigenvalue weighted by molar-refractivity contribution is -0.132. The molecule has 0 fully saturated rings. The molecular formula is C12H25N3O2. The highest BCUT2D eigenvalue weighted by molar-refractivity contribution is 5.84. The predicted molar refractivity (Wildman–Crippen MR) is 68.4 cm³/mol. The Labute approximate surface area is 104 Å². The first-order valence-electron chi connectivity index (χ1n) is 6.13. The van der Waals surface area contributed by atoms with Crippen LogP contribution in [0.15, 0.2) is 0 Å². The van der Waals surface area contributed by atoms with Crippen LogP contribution in [0.2, 0.25) is 0 Å². The fourth-order valence-corrected chi connectivity index (χ4v) is 1.39. The number of carbonyl (C=O) groups is 2. The maximum atomic E-state index is 11.6. The number of nitrogens with two attached hydrogens (primary N) is 1. The van der Waals surface area contributed by atoms with Crippen molar-refractivity contribution in [3.05, 3.63) is 0 Å². The van der Waals surface area contributed by atoms with Crippen molar-refractivity contribution in [1.82, 2.24) is 10.2 Å². The quantitative estimate of drug-likeness (QED) is 0.683. The van der Waals surface area contributed by atoms with Crippen LogP contribution in [0, 0.1) is 0 Å². The summed E-state index contributed by atoms with van der Waals surface area (Å²) >= 11 is 0. The van der Waals surface area contributed by atoms with E-state index in [-0.39, 0.29) is 23.9 Å². The number of nitrogens with one attached hydrogen (secondary N) is 1. The van der Waals surface area contributed by atoms with Gasteiger partial charge in [-0.1, -0.05) is 0 Å². The Bertz CT molecular complexity index is 255. The summed E-state index contributed by atoms with van der Waals surface area (Å²) in [5.41, 5.74) is 5.43. The molecule has 0 aromatic carbocycles. The molecule has 0 aliphatic carbocycles. The lowest BCUT2D eigenvalue weighted by Crippen LogP contribution is -2.41. The number of carbonyl (C=O) groups excluding carboxylic acids is 2. The molecule has 5 nitrogen and oxygen atoms in total. The van der Waals surface area contributed by atoms with Crippen molar-refractivity contribution in [2.45, 2.75) is 46.1 Å². The predicted octanol–water partition coefficient (Wildman–Crippen LogP) is 0.489. The molecule has 0 aliphatic heterocycles. The van der Waals surface area contributed by atoms with E-state index in [9.17, 15) is 9.59 Å². The van der Waals surface area contributed by atoms with Gasteiger partial charge in [-0.15, -0.1) is 0 Å². The van der Waals surface area contributed by atoms with E-state index in [1.54, 1.807) is 4.90 Å². The van der Waals surface area contributed by atoms with Gasteiger partial charge in [-0.3, -0.25) is 9.59 Å². The Balaban J connectivity index is 3.88. The average molecular weight is 243 g/mol. The first-order valence-corrected chi connectivity index (χ1v) is 6.13. The molecule has 0 unspecified atom stereocenters. The van der Waals surface area contributed by atoms with E-state index in [2.05, 4.69) is 5.32 Å². The van der Waals surface area contributed by atoms with Crippen LogP contribution in [0.25, 0.3) is 0 Å².